The van der Waals surface area contributed by atoms with Crippen LogP contribution in [0.1, 0.15) is 30.6 Å². The molecule has 5 nitrogen and oxygen atoms in total. The number of pyridine rings is 1. The SMILES string of the molecule is CCOc1ccc(C(=O)NCCC(C)O)cn1. The van der Waals surface area contributed by atoms with Crippen molar-refractivity contribution in [1.29, 1.82) is 0 Å². The first-order valence-electron chi connectivity index (χ1n) is 5.68. The lowest BCUT2D eigenvalue weighted by molar-refractivity contribution is 0.0945. The van der Waals surface area contributed by atoms with Crippen LogP contribution < -0.4 is 10.1 Å². The van der Waals surface area contributed by atoms with Gasteiger partial charge in [0.05, 0.1) is 18.3 Å². The van der Waals surface area contributed by atoms with Crippen LogP contribution in [0.3, 0.4) is 0 Å². The number of aliphatic hydroxyl groups excluding tert-OH is 1. The van der Waals surface area contributed by atoms with Crippen LogP contribution in [0.4, 0.5) is 0 Å². The van der Waals surface area contributed by atoms with Gasteiger partial charge in [-0.1, -0.05) is 0 Å². The van der Waals surface area contributed by atoms with Gasteiger partial charge in [0.1, 0.15) is 0 Å². The van der Waals surface area contributed by atoms with E-state index in [0.29, 0.717) is 31.0 Å². The Morgan fingerprint density at radius 1 is 1.59 bits per heavy atom. The zero-order valence-corrected chi connectivity index (χ0v) is 10.1. The molecule has 1 aromatic rings. The van der Waals surface area contributed by atoms with Gasteiger partial charge >= 0.3 is 0 Å². The summed E-state index contributed by atoms with van der Waals surface area (Å²) in [4.78, 5) is 15.6. The van der Waals surface area contributed by atoms with E-state index in [1.54, 1.807) is 19.1 Å². The van der Waals surface area contributed by atoms with Gasteiger partial charge in [0.25, 0.3) is 5.91 Å². The highest BCUT2D eigenvalue weighted by atomic mass is 16.5. The number of hydrogen-bond acceptors (Lipinski definition) is 4. The van der Waals surface area contributed by atoms with E-state index in [2.05, 4.69) is 10.3 Å². The Morgan fingerprint density at radius 2 is 2.35 bits per heavy atom. The minimum absolute atomic E-state index is 0.193. The van der Waals surface area contributed by atoms with E-state index >= 15 is 0 Å². The number of nitrogens with one attached hydrogen (secondary N) is 1. The minimum atomic E-state index is -0.409. The number of hydrogen-bond donors (Lipinski definition) is 2. The molecule has 94 valence electrons. The third kappa shape index (κ3) is 4.82. The first-order chi connectivity index (χ1) is 8.13. The third-order valence-corrected chi connectivity index (χ3v) is 2.14. The molecule has 1 aromatic heterocycles. The van der Waals surface area contributed by atoms with Crippen molar-refractivity contribution in [3.63, 3.8) is 0 Å². The van der Waals surface area contributed by atoms with Crippen LogP contribution in [0.5, 0.6) is 5.88 Å². The van der Waals surface area contributed by atoms with Crippen molar-refractivity contribution in [1.82, 2.24) is 10.3 Å². The number of rotatable bonds is 6. The van der Waals surface area contributed by atoms with E-state index in [4.69, 9.17) is 9.84 Å². The standard InChI is InChI=1S/C12H18N2O3/c1-3-17-11-5-4-10(8-14-11)12(16)13-7-6-9(2)15/h4-5,8-9,15H,3,6-7H2,1-2H3,(H,13,16). The second-order valence-electron chi connectivity index (χ2n) is 3.71. The Labute approximate surface area is 101 Å². The van der Waals surface area contributed by atoms with Gasteiger partial charge in [0.2, 0.25) is 5.88 Å². The highest BCUT2D eigenvalue weighted by Gasteiger charge is 2.06. The van der Waals surface area contributed by atoms with Gasteiger partial charge in [-0.15, -0.1) is 0 Å². The largest absolute Gasteiger partial charge is 0.478 e. The Hall–Kier alpha value is -1.62. The zero-order valence-electron chi connectivity index (χ0n) is 10.1. The number of carbonyl (C=O) groups is 1. The van der Waals surface area contributed by atoms with Crippen LogP contribution in [-0.4, -0.2) is 35.3 Å². The fourth-order valence-corrected chi connectivity index (χ4v) is 1.24. The molecular weight excluding hydrogens is 220 g/mol. The molecule has 0 saturated heterocycles. The first kappa shape index (κ1) is 13.4. The predicted octanol–water partition coefficient (Wildman–Crippen LogP) is 0.981. The van der Waals surface area contributed by atoms with Crippen LogP contribution in [0.15, 0.2) is 18.3 Å². The Balaban J connectivity index is 2.46. The highest BCUT2D eigenvalue weighted by molar-refractivity contribution is 5.93. The molecule has 1 rings (SSSR count). The van der Waals surface area contributed by atoms with E-state index in [9.17, 15) is 4.79 Å². The molecule has 1 heterocycles. The molecule has 0 bridgehead atoms. The van der Waals surface area contributed by atoms with Gasteiger partial charge in [-0.2, -0.15) is 0 Å². The molecule has 5 heteroatoms. The highest BCUT2D eigenvalue weighted by Crippen LogP contribution is 2.07. The second-order valence-corrected chi connectivity index (χ2v) is 3.71. The van der Waals surface area contributed by atoms with Crippen molar-refractivity contribution in [2.75, 3.05) is 13.2 Å². The topological polar surface area (TPSA) is 71.5 Å². The zero-order chi connectivity index (χ0) is 12.7. The number of aliphatic hydroxyl groups is 1. The fourth-order valence-electron chi connectivity index (χ4n) is 1.24. The maximum atomic E-state index is 11.6. The van der Waals surface area contributed by atoms with E-state index in [-0.39, 0.29) is 5.91 Å². The summed E-state index contributed by atoms with van der Waals surface area (Å²) in [6.07, 6.45) is 1.60. The molecule has 1 amide bonds. The molecule has 0 radical (unpaired) electrons. The molecule has 0 fully saturated rings. The van der Waals surface area contributed by atoms with Crippen LogP contribution >= 0.6 is 0 Å². The molecule has 17 heavy (non-hydrogen) atoms. The first-order valence-corrected chi connectivity index (χ1v) is 5.68. The predicted molar refractivity (Wildman–Crippen MR) is 64.0 cm³/mol. The van der Waals surface area contributed by atoms with Gasteiger partial charge in [-0.25, -0.2) is 4.98 Å². The molecule has 0 aliphatic rings. The number of aromatic nitrogens is 1. The van der Waals surface area contributed by atoms with Crippen LogP contribution in [0.25, 0.3) is 0 Å². The van der Waals surface area contributed by atoms with Crippen LogP contribution in [-0.2, 0) is 0 Å². The lowest BCUT2D eigenvalue weighted by Crippen LogP contribution is -2.26. The normalized spacial score (nSPS) is 11.9. The van der Waals surface area contributed by atoms with E-state index < -0.39 is 6.10 Å². The molecule has 0 saturated carbocycles. The molecular formula is C12H18N2O3. The van der Waals surface area contributed by atoms with Gasteiger partial charge in [-0.3, -0.25) is 4.79 Å². The summed E-state index contributed by atoms with van der Waals surface area (Å²) in [5.74, 6) is 0.314. The smallest absolute Gasteiger partial charge is 0.252 e. The second kappa shape index (κ2) is 6.85. The Bertz CT molecular complexity index is 349. The summed E-state index contributed by atoms with van der Waals surface area (Å²) in [7, 11) is 0. The van der Waals surface area contributed by atoms with Crippen LogP contribution in [0, 0.1) is 0 Å². The Kier molecular flexibility index (Phi) is 5.42. The maximum absolute atomic E-state index is 11.6. The lowest BCUT2D eigenvalue weighted by Gasteiger charge is -2.07. The van der Waals surface area contributed by atoms with E-state index in [1.807, 2.05) is 6.92 Å². The van der Waals surface area contributed by atoms with Crippen molar-refractivity contribution < 1.29 is 14.6 Å². The average molecular weight is 238 g/mol. The van der Waals surface area contributed by atoms with Crippen molar-refractivity contribution in [3.05, 3.63) is 23.9 Å². The van der Waals surface area contributed by atoms with E-state index in [0.717, 1.165) is 0 Å². The summed E-state index contributed by atoms with van der Waals surface area (Å²) < 4.78 is 5.18. The summed E-state index contributed by atoms with van der Waals surface area (Å²) in [6, 6.07) is 3.32. The lowest BCUT2D eigenvalue weighted by atomic mass is 10.2. The summed E-state index contributed by atoms with van der Waals surface area (Å²) in [6.45, 7) is 4.56. The minimum Gasteiger partial charge on any atom is -0.478 e. The summed E-state index contributed by atoms with van der Waals surface area (Å²) in [5, 5.41) is 11.8. The molecule has 0 spiro atoms. The molecule has 0 aliphatic carbocycles. The van der Waals surface area contributed by atoms with Gasteiger partial charge in [0, 0.05) is 18.8 Å². The number of nitrogens with zero attached hydrogens (tertiary/aromatic N) is 1. The summed E-state index contributed by atoms with van der Waals surface area (Å²) in [5.41, 5.74) is 0.485. The van der Waals surface area contributed by atoms with Crippen molar-refractivity contribution in [3.8, 4) is 5.88 Å². The van der Waals surface area contributed by atoms with Gasteiger partial charge in [0.15, 0.2) is 0 Å². The fraction of sp³-hybridized carbons (Fsp3) is 0.500. The maximum Gasteiger partial charge on any atom is 0.252 e. The molecule has 1 unspecified atom stereocenters. The van der Waals surface area contributed by atoms with Gasteiger partial charge < -0.3 is 15.2 Å². The third-order valence-electron chi connectivity index (χ3n) is 2.14. The van der Waals surface area contributed by atoms with Crippen molar-refractivity contribution >= 4 is 5.91 Å². The van der Waals surface area contributed by atoms with E-state index in [1.165, 1.54) is 6.20 Å². The van der Waals surface area contributed by atoms with Crippen molar-refractivity contribution in [2.45, 2.75) is 26.4 Å². The quantitative estimate of drug-likeness (QED) is 0.775. The molecule has 0 aliphatic heterocycles. The molecule has 0 aromatic carbocycles. The van der Waals surface area contributed by atoms with Crippen molar-refractivity contribution in [2.24, 2.45) is 0 Å². The number of amides is 1. The Morgan fingerprint density at radius 3 is 2.88 bits per heavy atom. The summed E-state index contributed by atoms with van der Waals surface area (Å²) >= 11 is 0. The monoisotopic (exact) mass is 238 g/mol. The van der Waals surface area contributed by atoms with Gasteiger partial charge in [-0.05, 0) is 26.3 Å². The molecule has 1 atom stereocenters. The number of carbonyl (C=O) groups excluding carboxylic acids is 1. The van der Waals surface area contributed by atoms with Crippen LogP contribution in [0.2, 0.25) is 0 Å². The molecule has 2 N–H and O–H groups in total. The average Bonchev–Trinajstić information content (AvgIpc) is 2.30. The number of ether oxygens (including phenoxy) is 1.